The summed E-state index contributed by atoms with van der Waals surface area (Å²) in [4.78, 5) is 10.3. The van der Waals surface area contributed by atoms with E-state index in [4.69, 9.17) is 11.1 Å². The lowest BCUT2D eigenvalue weighted by atomic mass is 10.3. The molecule has 0 rings (SSSR count). The molecule has 0 atom stereocenters. The SMILES string of the molecule is CC(=O)NC/C(C=N)=C/N. The molecule has 0 bridgehead atoms. The molecule has 1 amide bonds. The second-order valence-electron chi connectivity index (χ2n) is 1.80. The van der Waals surface area contributed by atoms with Gasteiger partial charge in [0.15, 0.2) is 0 Å². The molecule has 0 radical (unpaired) electrons. The third-order valence-electron chi connectivity index (χ3n) is 0.941. The zero-order valence-corrected chi connectivity index (χ0v) is 5.85. The van der Waals surface area contributed by atoms with Crippen molar-refractivity contribution in [1.29, 1.82) is 5.41 Å². The summed E-state index contributed by atoms with van der Waals surface area (Å²) in [6.45, 7) is 1.74. The predicted molar refractivity (Wildman–Crippen MR) is 39.7 cm³/mol. The van der Waals surface area contributed by atoms with Crippen LogP contribution in [0.3, 0.4) is 0 Å². The standard InChI is InChI=1S/C6H11N3O/c1-5(10)9-4-6(2-7)3-8/h2-3,7H,4,8H2,1H3,(H,9,10)/b6-3+,7-2?. The van der Waals surface area contributed by atoms with E-state index in [9.17, 15) is 4.79 Å². The number of carbonyl (C=O) groups is 1. The number of amides is 1. The Hall–Kier alpha value is -1.32. The molecule has 0 unspecified atom stereocenters. The molecule has 56 valence electrons. The van der Waals surface area contributed by atoms with Crippen LogP contribution >= 0.6 is 0 Å². The molecule has 10 heavy (non-hydrogen) atoms. The van der Waals surface area contributed by atoms with Crippen molar-refractivity contribution in [3.63, 3.8) is 0 Å². The van der Waals surface area contributed by atoms with Gasteiger partial charge < -0.3 is 16.5 Å². The molecule has 0 saturated heterocycles. The summed E-state index contributed by atoms with van der Waals surface area (Å²) in [7, 11) is 0. The number of nitrogens with two attached hydrogens (primary N) is 1. The van der Waals surface area contributed by atoms with Gasteiger partial charge in [0.25, 0.3) is 0 Å². The first-order chi connectivity index (χ1) is 4.70. The minimum atomic E-state index is -0.124. The van der Waals surface area contributed by atoms with Gasteiger partial charge in [-0.25, -0.2) is 0 Å². The zero-order valence-electron chi connectivity index (χ0n) is 5.85. The van der Waals surface area contributed by atoms with Crippen molar-refractivity contribution in [1.82, 2.24) is 5.32 Å². The van der Waals surface area contributed by atoms with Crippen LogP contribution in [-0.2, 0) is 4.79 Å². The van der Waals surface area contributed by atoms with Crippen LogP contribution in [0.2, 0.25) is 0 Å². The highest BCUT2D eigenvalue weighted by atomic mass is 16.1. The van der Waals surface area contributed by atoms with Gasteiger partial charge in [-0.3, -0.25) is 4.79 Å². The fraction of sp³-hybridized carbons (Fsp3) is 0.333. The molecule has 0 spiro atoms. The minimum Gasteiger partial charge on any atom is -0.404 e. The van der Waals surface area contributed by atoms with E-state index in [2.05, 4.69) is 5.32 Å². The van der Waals surface area contributed by atoms with Gasteiger partial charge in [-0.1, -0.05) is 0 Å². The number of hydrogen-bond donors (Lipinski definition) is 3. The van der Waals surface area contributed by atoms with Crippen LogP contribution < -0.4 is 11.1 Å². The highest BCUT2D eigenvalue weighted by molar-refractivity contribution is 5.79. The first-order valence-electron chi connectivity index (χ1n) is 2.86. The van der Waals surface area contributed by atoms with E-state index in [0.717, 1.165) is 6.21 Å². The Labute approximate surface area is 59.6 Å². The molecule has 0 fully saturated rings. The number of hydrogen-bond acceptors (Lipinski definition) is 3. The molecule has 0 aliphatic heterocycles. The van der Waals surface area contributed by atoms with Crippen molar-refractivity contribution >= 4 is 12.1 Å². The van der Waals surface area contributed by atoms with E-state index in [0.29, 0.717) is 12.1 Å². The highest BCUT2D eigenvalue weighted by Gasteiger charge is 1.92. The second-order valence-corrected chi connectivity index (χ2v) is 1.80. The van der Waals surface area contributed by atoms with Gasteiger partial charge in [-0.05, 0) is 0 Å². The zero-order chi connectivity index (χ0) is 7.98. The van der Waals surface area contributed by atoms with Crippen molar-refractivity contribution in [2.75, 3.05) is 6.54 Å². The van der Waals surface area contributed by atoms with Crippen molar-refractivity contribution in [3.8, 4) is 0 Å². The molecule has 4 heteroatoms. The monoisotopic (exact) mass is 141 g/mol. The Morgan fingerprint density at radius 2 is 2.40 bits per heavy atom. The maximum absolute atomic E-state index is 10.3. The summed E-state index contributed by atoms with van der Waals surface area (Å²) >= 11 is 0. The molecule has 0 aromatic carbocycles. The largest absolute Gasteiger partial charge is 0.404 e. The molecule has 0 saturated carbocycles. The van der Waals surface area contributed by atoms with Crippen molar-refractivity contribution in [3.05, 3.63) is 11.8 Å². The summed E-state index contributed by atoms with van der Waals surface area (Å²) in [5.41, 5.74) is 5.70. The third-order valence-corrected chi connectivity index (χ3v) is 0.941. The molecule has 0 aromatic rings. The van der Waals surface area contributed by atoms with Crippen LogP contribution in [0.15, 0.2) is 11.8 Å². The average molecular weight is 141 g/mol. The lowest BCUT2D eigenvalue weighted by Crippen LogP contribution is -2.23. The van der Waals surface area contributed by atoms with Crippen LogP contribution in [0, 0.1) is 5.41 Å². The smallest absolute Gasteiger partial charge is 0.217 e. The normalized spacial score (nSPS) is 10.7. The maximum atomic E-state index is 10.3. The molecule has 4 N–H and O–H groups in total. The summed E-state index contributed by atoms with van der Waals surface area (Å²) in [6.07, 6.45) is 2.40. The maximum Gasteiger partial charge on any atom is 0.217 e. The first-order valence-corrected chi connectivity index (χ1v) is 2.86. The fourth-order valence-corrected chi connectivity index (χ4v) is 0.385. The predicted octanol–water partition coefficient (Wildman–Crippen LogP) is -0.385. The summed E-state index contributed by atoms with van der Waals surface area (Å²) in [5, 5.41) is 9.29. The van der Waals surface area contributed by atoms with Crippen LogP contribution in [0.25, 0.3) is 0 Å². The molecule has 0 aliphatic carbocycles. The van der Waals surface area contributed by atoms with E-state index >= 15 is 0 Å². The van der Waals surface area contributed by atoms with Gasteiger partial charge >= 0.3 is 0 Å². The van der Waals surface area contributed by atoms with Gasteiger partial charge in [0.2, 0.25) is 5.91 Å². The summed E-state index contributed by atoms with van der Waals surface area (Å²) in [6, 6.07) is 0. The van der Waals surface area contributed by atoms with Crippen molar-refractivity contribution in [2.45, 2.75) is 6.92 Å². The Kier molecular flexibility index (Phi) is 3.95. The van der Waals surface area contributed by atoms with Gasteiger partial charge in [0.1, 0.15) is 0 Å². The Morgan fingerprint density at radius 1 is 1.80 bits per heavy atom. The Balaban J connectivity index is 3.66. The Bertz CT molecular complexity index is 162. The van der Waals surface area contributed by atoms with E-state index in [-0.39, 0.29) is 5.91 Å². The summed E-state index contributed by atoms with van der Waals surface area (Å²) in [5.74, 6) is -0.124. The number of carbonyl (C=O) groups excluding carboxylic acids is 1. The highest BCUT2D eigenvalue weighted by Crippen LogP contribution is 1.81. The van der Waals surface area contributed by atoms with Gasteiger partial charge in [-0.2, -0.15) is 0 Å². The fourth-order valence-electron chi connectivity index (χ4n) is 0.385. The lowest BCUT2D eigenvalue weighted by molar-refractivity contribution is -0.118. The average Bonchev–Trinajstić information content (AvgIpc) is 1.90. The molecule has 0 heterocycles. The van der Waals surface area contributed by atoms with Crippen LogP contribution in [0.4, 0.5) is 0 Å². The quantitative estimate of drug-likeness (QED) is 0.468. The van der Waals surface area contributed by atoms with Gasteiger partial charge in [0.05, 0.1) is 0 Å². The van der Waals surface area contributed by atoms with Crippen LogP contribution in [-0.4, -0.2) is 18.7 Å². The third kappa shape index (κ3) is 3.65. The molecule has 0 aromatic heterocycles. The van der Waals surface area contributed by atoms with Crippen LogP contribution in [0.5, 0.6) is 0 Å². The number of rotatable bonds is 3. The number of nitrogens with one attached hydrogen (secondary N) is 2. The first kappa shape index (κ1) is 8.68. The molecular formula is C6H11N3O. The minimum absolute atomic E-state index is 0.124. The molecule has 4 nitrogen and oxygen atoms in total. The van der Waals surface area contributed by atoms with E-state index in [1.54, 1.807) is 0 Å². The molecular weight excluding hydrogens is 130 g/mol. The van der Waals surface area contributed by atoms with Crippen molar-refractivity contribution in [2.24, 2.45) is 5.73 Å². The van der Waals surface area contributed by atoms with Crippen molar-refractivity contribution < 1.29 is 4.79 Å². The van der Waals surface area contributed by atoms with Crippen LogP contribution in [0.1, 0.15) is 6.92 Å². The van der Waals surface area contributed by atoms with E-state index in [1.165, 1.54) is 13.1 Å². The lowest BCUT2D eigenvalue weighted by Gasteiger charge is -1.99. The van der Waals surface area contributed by atoms with E-state index in [1.807, 2.05) is 0 Å². The van der Waals surface area contributed by atoms with Gasteiger partial charge in [0, 0.05) is 31.5 Å². The Morgan fingerprint density at radius 3 is 2.70 bits per heavy atom. The summed E-state index contributed by atoms with van der Waals surface area (Å²) < 4.78 is 0. The van der Waals surface area contributed by atoms with E-state index < -0.39 is 0 Å². The van der Waals surface area contributed by atoms with Gasteiger partial charge in [-0.15, -0.1) is 0 Å². The molecule has 0 aliphatic rings. The topological polar surface area (TPSA) is 79.0 Å². The second kappa shape index (κ2) is 4.55.